The second kappa shape index (κ2) is 9.43. The van der Waals surface area contributed by atoms with Crippen molar-refractivity contribution >= 4 is 29.0 Å². The predicted octanol–water partition coefficient (Wildman–Crippen LogP) is 4.30. The van der Waals surface area contributed by atoms with Gasteiger partial charge in [-0.05, 0) is 54.6 Å². The number of nitrogens with one attached hydrogen (secondary N) is 2. The summed E-state index contributed by atoms with van der Waals surface area (Å²) in [5.74, 6) is -0.221. The van der Waals surface area contributed by atoms with Crippen molar-refractivity contribution in [2.45, 2.75) is 33.2 Å². The fourth-order valence-corrected chi connectivity index (χ4v) is 3.48. The van der Waals surface area contributed by atoms with Crippen molar-refractivity contribution in [3.63, 3.8) is 0 Å². The Hall–Kier alpha value is -3.06. The Morgan fingerprint density at radius 1 is 1.07 bits per heavy atom. The van der Waals surface area contributed by atoms with Crippen LogP contribution in [0.4, 0.5) is 5.69 Å². The van der Waals surface area contributed by atoms with Crippen LogP contribution in [0.3, 0.4) is 0 Å². The van der Waals surface area contributed by atoms with Gasteiger partial charge in [-0.2, -0.15) is 0 Å². The van der Waals surface area contributed by atoms with Crippen molar-refractivity contribution < 1.29 is 9.59 Å². The molecular formula is C22H24N4O2S. The second-order valence-corrected chi connectivity index (χ2v) is 7.94. The molecule has 2 amide bonds. The highest BCUT2D eigenvalue weighted by Crippen LogP contribution is 2.20. The number of anilines is 1. The van der Waals surface area contributed by atoms with E-state index in [-0.39, 0.29) is 17.7 Å². The number of benzene rings is 2. The van der Waals surface area contributed by atoms with Gasteiger partial charge in [-0.1, -0.05) is 48.7 Å². The lowest BCUT2D eigenvalue weighted by Crippen LogP contribution is -2.44. The van der Waals surface area contributed by atoms with Crippen LogP contribution in [0.5, 0.6) is 0 Å². The average molecular weight is 409 g/mol. The van der Waals surface area contributed by atoms with Crippen molar-refractivity contribution in [3.05, 3.63) is 65.0 Å². The molecule has 0 bridgehead atoms. The quantitative estimate of drug-likeness (QED) is 0.611. The van der Waals surface area contributed by atoms with Gasteiger partial charge in [0.1, 0.15) is 11.7 Å². The molecule has 0 aliphatic heterocycles. The molecule has 0 radical (unpaired) electrons. The highest BCUT2D eigenvalue weighted by atomic mass is 32.1. The lowest BCUT2D eigenvalue weighted by Gasteiger charge is -2.21. The molecule has 1 atom stereocenters. The Kier molecular flexibility index (Phi) is 6.72. The van der Waals surface area contributed by atoms with Crippen LogP contribution in [0.1, 0.15) is 36.2 Å². The summed E-state index contributed by atoms with van der Waals surface area (Å²) >= 11 is 1.29. The smallest absolute Gasteiger partial charge is 0.252 e. The van der Waals surface area contributed by atoms with Crippen molar-refractivity contribution in [1.29, 1.82) is 0 Å². The molecule has 29 heavy (non-hydrogen) atoms. The van der Waals surface area contributed by atoms with Crippen LogP contribution in [-0.4, -0.2) is 27.4 Å². The van der Waals surface area contributed by atoms with Crippen molar-refractivity contribution in [2.24, 2.45) is 5.92 Å². The highest BCUT2D eigenvalue weighted by molar-refractivity contribution is 7.03. The molecule has 1 aromatic heterocycles. The van der Waals surface area contributed by atoms with Gasteiger partial charge in [0.2, 0.25) is 5.91 Å². The minimum absolute atomic E-state index is 0.233. The maximum Gasteiger partial charge on any atom is 0.252 e. The summed E-state index contributed by atoms with van der Waals surface area (Å²) in [5, 5.41) is 11.7. The van der Waals surface area contributed by atoms with E-state index in [4.69, 9.17) is 0 Å². The van der Waals surface area contributed by atoms with Gasteiger partial charge < -0.3 is 10.6 Å². The van der Waals surface area contributed by atoms with Gasteiger partial charge in [0.15, 0.2) is 0 Å². The third-order valence-corrected chi connectivity index (χ3v) is 5.03. The largest absolute Gasteiger partial charge is 0.340 e. The predicted molar refractivity (Wildman–Crippen MR) is 116 cm³/mol. The molecule has 7 heteroatoms. The summed E-state index contributed by atoms with van der Waals surface area (Å²) in [6, 6.07) is 14.1. The zero-order valence-corrected chi connectivity index (χ0v) is 17.5. The minimum atomic E-state index is -0.621. The standard InChI is InChI=1S/C22H24N4O2S/c1-14(2)12-19(24-21(27)18-7-5-4-6-15(18)3)22(28)23-17-10-8-16(9-11-17)20-13-29-26-25-20/h4-11,13-14,19H,12H2,1-3H3,(H,23,28)(H,24,27). The summed E-state index contributed by atoms with van der Waals surface area (Å²) in [6.45, 7) is 5.93. The number of rotatable bonds is 7. The Morgan fingerprint density at radius 3 is 2.41 bits per heavy atom. The number of carbonyl (C=O) groups excluding carboxylic acids is 2. The fraction of sp³-hybridized carbons (Fsp3) is 0.273. The van der Waals surface area contributed by atoms with E-state index in [2.05, 4.69) is 20.2 Å². The van der Waals surface area contributed by atoms with Crippen LogP contribution >= 0.6 is 11.5 Å². The molecule has 0 spiro atoms. The molecule has 2 N–H and O–H groups in total. The molecule has 3 rings (SSSR count). The van der Waals surface area contributed by atoms with Crippen molar-refractivity contribution in [2.75, 3.05) is 5.32 Å². The first-order valence-corrected chi connectivity index (χ1v) is 10.3. The van der Waals surface area contributed by atoms with E-state index in [0.717, 1.165) is 16.8 Å². The van der Waals surface area contributed by atoms with Crippen molar-refractivity contribution in [1.82, 2.24) is 14.9 Å². The van der Waals surface area contributed by atoms with E-state index in [1.807, 2.05) is 68.6 Å². The Bertz CT molecular complexity index is 969. The van der Waals surface area contributed by atoms with Gasteiger partial charge in [0.25, 0.3) is 5.91 Å². The third-order valence-electron chi connectivity index (χ3n) is 4.53. The molecule has 3 aromatic rings. The number of hydrogen-bond donors (Lipinski definition) is 2. The summed E-state index contributed by atoms with van der Waals surface area (Å²) in [4.78, 5) is 25.6. The van der Waals surface area contributed by atoms with Gasteiger partial charge >= 0.3 is 0 Å². The van der Waals surface area contributed by atoms with E-state index < -0.39 is 6.04 Å². The summed E-state index contributed by atoms with van der Waals surface area (Å²) < 4.78 is 3.86. The number of amides is 2. The number of hydrogen-bond acceptors (Lipinski definition) is 5. The number of carbonyl (C=O) groups is 2. The first-order valence-electron chi connectivity index (χ1n) is 9.49. The molecule has 1 heterocycles. The molecule has 0 aliphatic carbocycles. The van der Waals surface area contributed by atoms with E-state index in [9.17, 15) is 9.59 Å². The topological polar surface area (TPSA) is 84.0 Å². The second-order valence-electron chi connectivity index (χ2n) is 7.33. The van der Waals surface area contributed by atoms with Crippen LogP contribution in [0.25, 0.3) is 11.3 Å². The monoisotopic (exact) mass is 408 g/mol. The summed E-state index contributed by atoms with van der Waals surface area (Å²) in [6.07, 6.45) is 0.548. The molecule has 0 fully saturated rings. The van der Waals surface area contributed by atoms with E-state index in [0.29, 0.717) is 17.7 Å². The lowest BCUT2D eigenvalue weighted by atomic mass is 10.0. The minimum Gasteiger partial charge on any atom is -0.340 e. The zero-order valence-electron chi connectivity index (χ0n) is 16.7. The molecule has 2 aromatic carbocycles. The Morgan fingerprint density at radius 2 is 1.79 bits per heavy atom. The molecule has 150 valence electrons. The normalized spacial score (nSPS) is 11.9. The maximum atomic E-state index is 12.9. The third kappa shape index (κ3) is 5.48. The van der Waals surface area contributed by atoms with Gasteiger partial charge in [0.05, 0.1) is 0 Å². The van der Waals surface area contributed by atoms with E-state index >= 15 is 0 Å². The van der Waals surface area contributed by atoms with Crippen molar-refractivity contribution in [3.8, 4) is 11.3 Å². The number of nitrogens with zero attached hydrogens (tertiary/aromatic N) is 2. The van der Waals surface area contributed by atoms with Gasteiger partial charge in [-0.3, -0.25) is 9.59 Å². The zero-order chi connectivity index (χ0) is 20.8. The van der Waals surface area contributed by atoms with Gasteiger partial charge in [0, 0.05) is 22.2 Å². The molecule has 0 saturated carbocycles. The Balaban J connectivity index is 1.70. The average Bonchev–Trinajstić information content (AvgIpc) is 3.22. The van der Waals surface area contributed by atoms with Gasteiger partial charge in [-0.15, -0.1) is 5.10 Å². The van der Waals surface area contributed by atoms with Crippen LogP contribution in [0.15, 0.2) is 53.9 Å². The molecule has 6 nitrogen and oxygen atoms in total. The summed E-state index contributed by atoms with van der Waals surface area (Å²) in [5.41, 5.74) is 3.86. The Labute approximate surface area is 174 Å². The number of aryl methyl sites for hydroxylation is 1. The lowest BCUT2D eigenvalue weighted by molar-refractivity contribution is -0.118. The fourth-order valence-electron chi connectivity index (χ4n) is 3.01. The maximum absolute atomic E-state index is 12.9. The van der Waals surface area contributed by atoms with E-state index in [1.165, 1.54) is 11.5 Å². The highest BCUT2D eigenvalue weighted by Gasteiger charge is 2.23. The molecular weight excluding hydrogens is 384 g/mol. The first kappa shape index (κ1) is 20.7. The van der Waals surface area contributed by atoms with Crippen LogP contribution < -0.4 is 10.6 Å². The first-order chi connectivity index (χ1) is 13.9. The number of aromatic nitrogens is 2. The van der Waals surface area contributed by atoms with E-state index in [1.54, 1.807) is 6.07 Å². The summed E-state index contributed by atoms with van der Waals surface area (Å²) in [7, 11) is 0. The van der Waals surface area contributed by atoms with Crippen LogP contribution in [0, 0.1) is 12.8 Å². The van der Waals surface area contributed by atoms with Crippen LogP contribution in [-0.2, 0) is 4.79 Å². The molecule has 1 unspecified atom stereocenters. The SMILES string of the molecule is Cc1ccccc1C(=O)NC(CC(C)C)C(=O)Nc1ccc(-c2csnn2)cc1. The van der Waals surface area contributed by atoms with Gasteiger partial charge in [-0.25, -0.2) is 0 Å². The molecule has 0 aliphatic rings. The van der Waals surface area contributed by atoms with Crippen LogP contribution in [0.2, 0.25) is 0 Å². The molecule has 0 saturated heterocycles.